The van der Waals surface area contributed by atoms with E-state index in [9.17, 15) is 52.7 Å². The largest absolute Gasteiger partial charge is 0.481 e. The minimum Gasteiger partial charge on any atom is -0.481 e. The molecule has 2 saturated heterocycles. The maximum atomic E-state index is 13.4. The molecule has 6 atom stereocenters. The minimum atomic E-state index is -1.28. The average Bonchev–Trinajstić information content (AvgIpc) is 4.02. The highest BCUT2D eigenvalue weighted by molar-refractivity contribution is 5.96. The van der Waals surface area contributed by atoms with Gasteiger partial charge in [0.1, 0.15) is 30.7 Å². The number of nitrogens with zero attached hydrogens (tertiary/aromatic N) is 2. The number of nitrogens with two attached hydrogens (primary N) is 2. The quantitative estimate of drug-likeness (QED) is 0.0395. The van der Waals surface area contributed by atoms with E-state index in [4.69, 9.17) is 26.5 Å². The van der Waals surface area contributed by atoms with Crippen molar-refractivity contribution in [3.8, 4) is 0 Å². The Hall–Kier alpha value is -6.44. The first kappa shape index (κ1) is 62.6. The molecule has 392 valence electrons. The molecule has 0 aromatic heterocycles. The first-order chi connectivity index (χ1) is 32.4. The van der Waals surface area contributed by atoms with Crippen molar-refractivity contribution in [2.75, 3.05) is 52.4 Å². The molecular formula is C43H76N12O14. The fourth-order valence-electron chi connectivity index (χ4n) is 6.89. The number of hydrogen-bond donors (Lipinski definition) is 12. The van der Waals surface area contributed by atoms with Crippen LogP contribution in [0.4, 0.5) is 0 Å². The van der Waals surface area contributed by atoms with Crippen molar-refractivity contribution in [1.82, 2.24) is 52.3 Å². The summed E-state index contributed by atoms with van der Waals surface area (Å²) < 4.78 is 0. The standard InChI is InChI=1S/C37H61N11O12.C4H11N.C2H4O2/c1-6-21(4)32(46-28(51)16-41-35(58)24(11-12-26(38)49)45-27(50)15-40-34(57)23-9-7-13-39-23)37(60)43-18-30(53)48(20(2)3)22(5)33(56)42-17-29(52)47-14-8-10-25(47)36(59)44-19-31(54)55;1-2-3-4-5;1-2(3)4/h20-25,32,39H,6-19H2,1-5H3,(H2,38,49)(H,40,57)(H,41,58)(H,42,56)(H,43,60)(H,44,59)(H,45,50)(H,46,51)(H,54,55);2-5H2,1H3;1H3,(H,3,4). The number of aliphatic carboxylic acids is 2. The molecule has 69 heavy (non-hydrogen) atoms. The molecular weight excluding hydrogens is 909 g/mol. The summed E-state index contributed by atoms with van der Waals surface area (Å²) >= 11 is 0. The Morgan fingerprint density at radius 3 is 1.84 bits per heavy atom. The summed E-state index contributed by atoms with van der Waals surface area (Å²) in [6.07, 6.45) is 4.60. The summed E-state index contributed by atoms with van der Waals surface area (Å²) in [5.41, 5.74) is 10.4. The second-order valence-electron chi connectivity index (χ2n) is 16.7. The van der Waals surface area contributed by atoms with Crippen LogP contribution in [0.15, 0.2) is 0 Å². The van der Waals surface area contributed by atoms with Gasteiger partial charge in [-0.2, -0.15) is 0 Å². The van der Waals surface area contributed by atoms with Crippen molar-refractivity contribution in [3.05, 3.63) is 0 Å². The second kappa shape index (κ2) is 33.9. The lowest BCUT2D eigenvalue weighted by molar-refractivity contribution is -0.143. The van der Waals surface area contributed by atoms with Gasteiger partial charge in [-0.25, -0.2) is 0 Å². The van der Waals surface area contributed by atoms with Gasteiger partial charge in [0.15, 0.2) is 0 Å². The molecule has 0 aromatic rings. The van der Waals surface area contributed by atoms with Crippen molar-refractivity contribution in [1.29, 1.82) is 0 Å². The lowest BCUT2D eigenvalue weighted by atomic mass is 9.98. The molecule has 0 spiro atoms. The van der Waals surface area contributed by atoms with Crippen molar-refractivity contribution in [3.63, 3.8) is 0 Å². The molecule has 0 saturated carbocycles. The third-order valence-corrected chi connectivity index (χ3v) is 10.7. The molecule has 6 unspecified atom stereocenters. The van der Waals surface area contributed by atoms with Crippen LogP contribution in [0.25, 0.3) is 0 Å². The number of unbranched alkanes of at least 4 members (excludes halogenated alkanes) is 1. The third kappa shape index (κ3) is 25.5. The Labute approximate surface area is 402 Å². The van der Waals surface area contributed by atoms with E-state index in [0.29, 0.717) is 32.2 Å². The zero-order chi connectivity index (χ0) is 52.8. The van der Waals surface area contributed by atoms with Crippen LogP contribution in [0.3, 0.4) is 0 Å². The van der Waals surface area contributed by atoms with Gasteiger partial charge in [-0.15, -0.1) is 0 Å². The van der Waals surface area contributed by atoms with Crippen molar-refractivity contribution < 1.29 is 67.7 Å². The number of hydrogen-bond acceptors (Lipinski definition) is 14. The van der Waals surface area contributed by atoms with Gasteiger partial charge in [-0.3, -0.25) is 57.5 Å². The van der Waals surface area contributed by atoms with Gasteiger partial charge in [0.2, 0.25) is 59.1 Å². The highest BCUT2D eigenvalue weighted by Crippen LogP contribution is 2.17. The molecule has 26 nitrogen and oxygen atoms in total. The molecule has 2 heterocycles. The van der Waals surface area contributed by atoms with Gasteiger partial charge in [0.05, 0.1) is 32.2 Å². The van der Waals surface area contributed by atoms with E-state index in [0.717, 1.165) is 19.9 Å². The fourth-order valence-corrected chi connectivity index (χ4v) is 6.89. The lowest BCUT2D eigenvalue weighted by Gasteiger charge is -2.33. The monoisotopic (exact) mass is 985 g/mol. The highest BCUT2D eigenvalue weighted by atomic mass is 16.4. The zero-order valence-electron chi connectivity index (χ0n) is 40.9. The number of carboxylic acid groups (broad SMARTS) is 2. The predicted octanol–water partition coefficient (Wildman–Crippen LogP) is -3.86. The van der Waals surface area contributed by atoms with E-state index in [1.807, 2.05) is 0 Å². The Morgan fingerprint density at radius 1 is 0.739 bits per heavy atom. The Morgan fingerprint density at radius 2 is 1.32 bits per heavy atom. The number of primary amides is 1. The SMILES string of the molecule is CC(=O)O.CCC(C)C(NC(=O)CNC(=O)C(CCC(N)=O)NC(=O)CNC(=O)C1CCCN1)C(=O)NCC(=O)N(C(C)C)C(C)C(=O)NCC(=O)N1CCCC1C(=O)NCC(=O)O.CCCCN. The number of nitrogens with one attached hydrogen (secondary N) is 8. The van der Waals surface area contributed by atoms with Crippen molar-refractivity contribution >= 4 is 71.0 Å². The molecule has 10 amide bonds. The zero-order valence-corrected chi connectivity index (χ0v) is 40.9. The number of rotatable bonds is 26. The van der Waals surface area contributed by atoms with Crippen LogP contribution < -0.4 is 54.0 Å². The van der Waals surface area contributed by atoms with E-state index in [1.54, 1.807) is 27.7 Å². The van der Waals surface area contributed by atoms with E-state index in [1.165, 1.54) is 29.6 Å². The van der Waals surface area contributed by atoms with Crippen LogP contribution in [-0.2, 0) is 57.5 Å². The average molecular weight is 985 g/mol. The summed E-state index contributed by atoms with van der Waals surface area (Å²) in [6.45, 7) is 10.4. The second-order valence-corrected chi connectivity index (χ2v) is 16.7. The minimum absolute atomic E-state index is 0.193. The van der Waals surface area contributed by atoms with Crippen LogP contribution in [-0.4, -0.2) is 180 Å². The summed E-state index contributed by atoms with van der Waals surface area (Å²) in [6, 6.07) is -5.39. The number of likely N-dealkylation sites (tertiary alicyclic amines) is 1. The maximum Gasteiger partial charge on any atom is 0.322 e. The lowest BCUT2D eigenvalue weighted by Crippen LogP contribution is -2.57. The molecule has 26 heteroatoms. The smallest absolute Gasteiger partial charge is 0.322 e. The van der Waals surface area contributed by atoms with Gasteiger partial charge in [-0.1, -0.05) is 33.6 Å². The Balaban J connectivity index is 0.00000468. The molecule has 2 aliphatic heterocycles. The number of carbonyl (C=O) groups is 12. The van der Waals surface area contributed by atoms with Crippen LogP contribution in [0.2, 0.25) is 0 Å². The van der Waals surface area contributed by atoms with E-state index < -0.39 is 140 Å². The molecule has 2 fully saturated rings. The van der Waals surface area contributed by atoms with Gasteiger partial charge in [-0.05, 0) is 78.3 Å². The predicted molar refractivity (Wildman–Crippen MR) is 249 cm³/mol. The maximum absolute atomic E-state index is 13.4. The molecule has 0 radical (unpaired) electrons. The molecule has 0 bridgehead atoms. The molecule has 14 N–H and O–H groups in total. The third-order valence-electron chi connectivity index (χ3n) is 10.7. The number of amides is 10. The molecule has 0 aromatic carbocycles. The number of carbonyl (C=O) groups excluding carboxylic acids is 10. The summed E-state index contributed by atoms with van der Waals surface area (Å²) in [7, 11) is 0. The van der Waals surface area contributed by atoms with E-state index >= 15 is 0 Å². The van der Waals surface area contributed by atoms with Gasteiger partial charge < -0.3 is 74.0 Å². The van der Waals surface area contributed by atoms with Crippen LogP contribution >= 0.6 is 0 Å². The van der Waals surface area contributed by atoms with E-state index in [-0.39, 0.29) is 25.3 Å². The Bertz CT molecular complexity index is 1750. The first-order valence-corrected chi connectivity index (χ1v) is 23.1. The van der Waals surface area contributed by atoms with Crippen LogP contribution in [0, 0.1) is 5.92 Å². The van der Waals surface area contributed by atoms with Gasteiger partial charge in [0, 0.05) is 25.9 Å². The fraction of sp³-hybridized carbons (Fsp3) is 0.721. The van der Waals surface area contributed by atoms with Gasteiger partial charge >= 0.3 is 5.97 Å². The summed E-state index contributed by atoms with van der Waals surface area (Å²) in [5, 5.41) is 36.3. The van der Waals surface area contributed by atoms with E-state index in [2.05, 4.69) is 49.5 Å². The van der Waals surface area contributed by atoms with Crippen LogP contribution in [0.1, 0.15) is 106 Å². The first-order valence-electron chi connectivity index (χ1n) is 23.1. The summed E-state index contributed by atoms with van der Waals surface area (Å²) in [5.74, 6) is -9.20. The number of carboxylic acids is 2. The van der Waals surface area contributed by atoms with Crippen molar-refractivity contribution in [2.24, 2.45) is 17.4 Å². The highest BCUT2D eigenvalue weighted by Gasteiger charge is 2.36. The van der Waals surface area contributed by atoms with Crippen LogP contribution in [0.5, 0.6) is 0 Å². The Kier molecular flexibility index (Phi) is 30.8. The summed E-state index contributed by atoms with van der Waals surface area (Å²) in [4.78, 5) is 150. The molecule has 2 aliphatic rings. The molecule has 0 aliphatic carbocycles. The normalized spacial score (nSPS) is 16.5. The van der Waals surface area contributed by atoms with Crippen molar-refractivity contribution in [2.45, 2.75) is 143 Å². The van der Waals surface area contributed by atoms with Gasteiger partial charge in [0.25, 0.3) is 5.97 Å². The molecule has 2 rings (SSSR count). The topological polar surface area (TPSA) is 400 Å².